The summed E-state index contributed by atoms with van der Waals surface area (Å²) in [4.78, 5) is 28.3. The monoisotopic (exact) mass is 388 g/mol. The Kier molecular flexibility index (Phi) is 6.62. The highest BCUT2D eigenvalue weighted by molar-refractivity contribution is 6.31. The minimum Gasteiger partial charge on any atom is -0.384 e. The van der Waals surface area contributed by atoms with Gasteiger partial charge in [0.15, 0.2) is 6.10 Å². The molecular weight excluding hydrogens is 368 g/mol. The molecule has 2 amide bonds. The standard InChI is InChI=1S/C19H21ClN4O3/c20-15-7-2-1-6-14(15)17-18(27-12-16(25)24-17)19(26)23-10-4-9-22-13-5-3-8-21-11-13/h1-3,5-8,11,17-18,22H,4,9-10,12H2,(H,23,26)(H,24,25)/t17-,18+/m1/s1. The summed E-state index contributed by atoms with van der Waals surface area (Å²) in [5.41, 5.74) is 1.59. The molecule has 0 spiro atoms. The van der Waals surface area contributed by atoms with Gasteiger partial charge in [0.05, 0.1) is 11.7 Å². The Balaban J connectivity index is 1.52. The second-order valence-corrected chi connectivity index (χ2v) is 6.52. The van der Waals surface area contributed by atoms with Crippen molar-refractivity contribution < 1.29 is 14.3 Å². The van der Waals surface area contributed by atoms with Crippen molar-refractivity contribution >= 4 is 29.1 Å². The minimum atomic E-state index is -0.825. The Morgan fingerprint density at radius 3 is 2.89 bits per heavy atom. The van der Waals surface area contributed by atoms with E-state index >= 15 is 0 Å². The smallest absolute Gasteiger partial charge is 0.251 e. The van der Waals surface area contributed by atoms with Crippen LogP contribution in [0.15, 0.2) is 48.8 Å². The van der Waals surface area contributed by atoms with Crippen LogP contribution in [0.2, 0.25) is 5.02 Å². The number of amides is 2. The molecular formula is C19H21ClN4O3. The van der Waals surface area contributed by atoms with Crippen molar-refractivity contribution in [2.75, 3.05) is 25.0 Å². The maximum Gasteiger partial charge on any atom is 0.251 e. The topological polar surface area (TPSA) is 92.4 Å². The van der Waals surface area contributed by atoms with Crippen LogP contribution in [0, 0.1) is 0 Å². The lowest BCUT2D eigenvalue weighted by Gasteiger charge is -2.32. The molecule has 1 aromatic heterocycles. The second-order valence-electron chi connectivity index (χ2n) is 6.11. The van der Waals surface area contributed by atoms with Crippen LogP contribution >= 0.6 is 11.6 Å². The molecule has 1 aliphatic heterocycles. The van der Waals surface area contributed by atoms with Crippen molar-refractivity contribution in [3.8, 4) is 0 Å². The highest BCUT2D eigenvalue weighted by Gasteiger charge is 2.36. The Labute approximate surface area is 162 Å². The van der Waals surface area contributed by atoms with Gasteiger partial charge in [-0.1, -0.05) is 29.8 Å². The molecule has 27 heavy (non-hydrogen) atoms. The van der Waals surface area contributed by atoms with Crippen LogP contribution in [-0.2, 0) is 14.3 Å². The van der Waals surface area contributed by atoms with Gasteiger partial charge in [0.2, 0.25) is 5.91 Å². The molecule has 7 nitrogen and oxygen atoms in total. The Bertz CT molecular complexity index is 788. The number of benzene rings is 1. The minimum absolute atomic E-state index is 0.151. The fourth-order valence-electron chi connectivity index (χ4n) is 2.85. The quantitative estimate of drug-likeness (QED) is 0.630. The largest absolute Gasteiger partial charge is 0.384 e. The number of morpholine rings is 1. The first-order valence-electron chi connectivity index (χ1n) is 8.72. The molecule has 3 rings (SSSR count). The summed E-state index contributed by atoms with van der Waals surface area (Å²) in [5.74, 6) is -0.550. The predicted molar refractivity (Wildman–Crippen MR) is 102 cm³/mol. The van der Waals surface area contributed by atoms with Gasteiger partial charge in [-0.3, -0.25) is 14.6 Å². The Hall–Kier alpha value is -2.64. The van der Waals surface area contributed by atoms with Crippen LogP contribution in [-0.4, -0.2) is 42.6 Å². The number of halogens is 1. The zero-order valence-corrected chi connectivity index (χ0v) is 15.4. The number of pyridine rings is 1. The highest BCUT2D eigenvalue weighted by atomic mass is 35.5. The van der Waals surface area contributed by atoms with E-state index in [0.717, 1.165) is 12.1 Å². The summed E-state index contributed by atoms with van der Waals surface area (Å²) < 4.78 is 5.49. The van der Waals surface area contributed by atoms with Gasteiger partial charge >= 0.3 is 0 Å². The summed E-state index contributed by atoms with van der Waals surface area (Å²) in [5, 5.41) is 9.36. The van der Waals surface area contributed by atoms with Crippen LogP contribution in [0.3, 0.4) is 0 Å². The average Bonchev–Trinajstić information content (AvgIpc) is 2.68. The number of carbonyl (C=O) groups excluding carboxylic acids is 2. The molecule has 0 radical (unpaired) electrons. The van der Waals surface area contributed by atoms with Crippen LogP contribution in [0.4, 0.5) is 5.69 Å². The first-order chi connectivity index (χ1) is 13.1. The second kappa shape index (κ2) is 9.34. The fourth-order valence-corrected chi connectivity index (χ4v) is 3.10. The number of aromatic nitrogens is 1. The summed E-state index contributed by atoms with van der Waals surface area (Å²) in [6.07, 6.45) is 3.36. The number of rotatable bonds is 7. The molecule has 8 heteroatoms. The molecule has 1 fully saturated rings. The zero-order valence-electron chi connectivity index (χ0n) is 14.7. The third-order valence-corrected chi connectivity index (χ3v) is 4.50. The van der Waals surface area contributed by atoms with E-state index < -0.39 is 12.1 Å². The maximum atomic E-state index is 12.6. The Morgan fingerprint density at radius 2 is 2.11 bits per heavy atom. The third kappa shape index (κ3) is 5.18. The number of nitrogens with one attached hydrogen (secondary N) is 3. The van der Waals surface area contributed by atoms with Gasteiger partial charge in [-0.25, -0.2) is 0 Å². The maximum absolute atomic E-state index is 12.6. The first kappa shape index (κ1) is 19.1. The van der Waals surface area contributed by atoms with Crippen LogP contribution < -0.4 is 16.0 Å². The molecule has 2 heterocycles. The van der Waals surface area contributed by atoms with E-state index in [1.54, 1.807) is 36.7 Å². The molecule has 2 atom stereocenters. The highest BCUT2D eigenvalue weighted by Crippen LogP contribution is 2.28. The number of hydrogen-bond donors (Lipinski definition) is 3. The van der Waals surface area contributed by atoms with Crippen molar-refractivity contribution in [2.45, 2.75) is 18.6 Å². The molecule has 0 unspecified atom stereocenters. The van der Waals surface area contributed by atoms with E-state index in [4.69, 9.17) is 16.3 Å². The van der Waals surface area contributed by atoms with Gasteiger partial charge in [0, 0.05) is 30.5 Å². The van der Waals surface area contributed by atoms with E-state index in [1.807, 2.05) is 12.1 Å². The van der Waals surface area contributed by atoms with Gasteiger partial charge in [0.25, 0.3) is 5.91 Å². The van der Waals surface area contributed by atoms with Crippen LogP contribution in [0.5, 0.6) is 0 Å². The third-order valence-electron chi connectivity index (χ3n) is 4.16. The molecule has 142 valence electrons. The van der Waals surface area contributed by atoms with Gasteiger partial charge in [-0.15, -0.1) is 0 Å². The number of ether oxygens (including phenoxy) is 1. The lowest BCUT2D eigenvalue weighted by Crippen LogP contribution is -2.52. The van der Waals surface area contributed by atoms with E-state index in [9.17, 15) is 9.59 Å². The van der Waals surface area contributed by atoms with Crippen molar-refractivity contribution in [3.63, 3.8) is 0 Å². The molecule has 0 bridgehead atoms. The normalized spacial score (nSPS) is 19.2. The van der Waals surface area contributed by atoms with Gasteiger partial charge in [0.1, 0.15) is 6.61 Å². The summed E-state index contributed by atoms with van der Waals surface area (Å²) in [7, 11) is 0. The first-order valence-corrected chi connectivity index (χ1v) is 9.10. The molecule has 1 aromatic carbocycles. The molecule has 2 aromatic rings. The average molecular weight is 389 g/mol. The van der Waals surface area contributed by atoms with Crippen molar-refractivity contribution in [1.29, 1.82) is 0 Å². The Morgan fingerprint density at radius 1 is 1.26 bits per heavy atom. The summed E-state index contributed by atoms with van der Waals surface area (Å²) in [6, 6.07) is 10.3. The zero-order chi connectivity index (χ0) is 19.1. The fraction of sp³-hybridized carbons (Fsp3) is 0.316. The van der Waals surface area contributed by atoms with Crippen molar-refractivity contribution in [1.82, 2.24) is 15.6 Å². The van der Waals surface area contributed by atoms with E-state index in [2.05, 4.69) is 20.9 Å². The van der Waals surface area contributed by atoms with Gasteiger partial charge < -0.3 is 20.7 Å². The summed E-state index contributed by atoms with van der Waals surface area (Å²) >= 11 is 6.23. The van der Waals surface area contributed by atoms with Crippen LogP contribution in [0.25, 0.3) is 0 Å². The summed E-state index contributed by atoms with van der Waals surface area (Å²) in [6.45, 7) is 1.03. The molecule has 3 N–H and O–H groups in total. The lowest BCUT2D eigenvalue weighted by molar-refractivity contribution is -0.148. The lowest BCUT2D eigenvalue weighted by atomic mass is 9.99. The molecule has 1 saturated heterocycles. The molecule has 0 aliphatic carbocycles. The number of anilines is 1. The SMILES string of the molecule is O=C1CO[C@H](C(=O)NCCCNc2cccnc2)[C@@H](c2ccccc2Cl)N1. The van der Waals surface area contributed by atoms with Crippen molar-refractivity contribution in [2.24, 2.45) is 0 Å². The predicted octanol–water partition coefficient (Wildman–Crippen LogP) is 1.91. The van der Waals surface area contributed by atoms with E-state index in [-0.39, 0.29) is 18.4 Å². The molecule has 1 aliphatic rings. The van der Waals surface area contributed by atoms with E-state index in [1.165, 1.54) is 0 Å². The number of hydrogen-bond acceptors (Lipinski definition) is 5. The number of carbonyl (C=O) groups is 2. The van der Waals surface area contributed by atoms with Gasteiger partial charge in [-0.2, -0.15) is 0 Å². The van der Waals surface area contributed by atoms with Crippen molar-refractivity contribution in [3.05, 3.63) is 59.4 Å². The van der Waals surface area contributed by atoms with E-state index in [0.29, 0.717) is 23.7 Å². The van der Waals surface area contributed by atoms with Gasteiger partial charge in [-0.05, 0) is 30.2 Å². The molecule has 0 saturated carbocycles. The number of nitrogens with zero attached hydrogens (tertiary/aromatic N) is 1. The van der Waals surface area contributed by atoms with Crippen LogP contribution in [0.1, 0.15) is 18.0 Å².